The van der Waals surface area contributed by atoms with Crippen molar-refractivity contribution in [3.63, 3.8) is 0 Å². The van der Waals surface area contributed by atoms with Gasteiger partial charge in [0.05, 0.1) is 6.26 Å². The number of rotatable bonds is 5. The number of likely N-dealkylation sites (N-methyl/N-ethyl adjacent to an activating group) is 1. The zero-order valence-electron chi connectivity index (χ0n) is 11.0. The molecule has 1 unspecified atom stereocenters. The number of carbonyl (C=O) groups is 2. The molecule has 0 aliphatic carbocycles. The van der Waals surface area contributed by atoms with Gasteiger partial charge in [-0.3, -0.25) is 9.59 Å². The summed E-state index contributed by atoms with van der Waals surface area (Å²) >= 11 is 0. The first-order chi connectivity index (χ1) is 8.29. The first-order valence-corrected chi connectivity index (χ1v) is 7.91. The lowest BCUT2D eigenvalue weighted by Gasteiger charge is -2.26. The van der Waals surface area contributed by atoms with Gasteiger partial charge in [-0.1, -0.05) is 13.3 Å². The summed E-state index contributed by atoms with van der Waals surface area (Å²) in [5, 5.41) is 0. The summed E-state index contributed by atoms with van der Waals surface area (Å²) in [6.45, 7) is 2.60. The van der Waals surface area contributed by atoms with Crippen LogP contribution in [0.1, 0.15) is 32.6 Å². The van der Waals surface area contributed by atoms with Gasteiger partial charge in [-0.05, 0) is 12.8 Å². The number of hydrogen-bond donors (Lipinski definition) is 0. The van der Waals surface area contributed by atoms with Gasteiger partial charge >= 0.3 is 0 Å². The Labute approximate surface area is 108 Å². The Morgan fingerprint density at radius 3 is 2.61 bits per heavy atom. The summed E-state index contributed by atoms with van der Waals surface area (Å²) in [7, 11) is -2.02. The molecule has 0 spiro atoms. The third-order valence-corrected chi connectivity index (χ3v) is 4.20. The largest absolute Gasteiger partial charge is 0.344 e. The van der Waals surface area contributed by atoms with Gasteiger partial charge in [0.2, 0.25) is 21.8 Å². The summed E-state index contributed by atoms with van der Waals surface area (Å²) in [5.74, 6) is -0.778. The number of hydrogen-bond acceptors (Lipinski definition) is 4. The van der Waals surface area contributed by atoms with Gasteiger partial charge in [0, 0.05) is 20.0 Å². The van der Waals surface area contributed by atoms with Crippen molar-refractivity contribution < 1.29 is 18.0 Å². The highest BCUT2D eigenvalue weighted by molar-refractivity contribution is 7.89. The molecular weight excluding hydrogens is 256 g/mol. The lowest BCUT2D eigenvalue weighted by atomic mass is 10.2. The van der Waals surface area contributed by atoms with Crippen molar-refractivity contribution >= 4 is 21.8 Å². The van der Waals surface area contributed by atoms with E-state index in [0.717, 1.165) is 23.4 Å². The van der Waals surface area contributed by atoms with E-state index in [4.69, 9.17) is 0 Å². The van der Waals surface area contributed by atoms with Crippen LogP contribution in [0, 0.1) is 0 Å². The SMILES string of the molecule is CCCCN(C)C(=O)C1CCC(=O)N1S(C)(=O)=O. The van der Waals surface area contributed by atoms with E-state index in [1.807, 2.05) is 6.92 Å². The second-order valence-corrected chi connectivity index (χ2v) is 6.48. The number of sulfonamides is 1. The zero-order valence-corrected chi connectivity index (χ0v) is 11.9. The molecule has 0 bridgehead atoms. The van der Waals surface area contributed by atoms with Crippen LogP contribution < -0.4 is 0 Å². The quantitative estimate of drug-likeness (QED) is 0.718. The van der Waals surface area contributed by atoms with E-state index in [1.165, 1.54) is 4.90 Å². The van der Waals surface area contributed by atoms with E-state index in [9.17, 15) is 18.0 Å². The number of nitrogens with zero attached hydrogens (tertiary/aromatic N) is 2. The van der Waals surface area contributed by atoms with Crippen molar-refractivity contribution in [2.45, 2.75) is 38.6 Å². The average molecular weight is 276 g/mol. The Hall–Kier alpha value is -1.11. The minimum atomic E-state index is -3.66. The van der Waals surface area contributed by atoms with Crippen LogP contribution in [0.5, 0.6) is 0 Å². The molecular formula is C11H20N2O4S. The Balaban J connectivity index is 2.82. The Bertz CT molecular complexity index is 432. The van der Waals surface area contributed by atoms with Crippen LogP contribution in [-0.4, -0.2) is 55.3 Å². The molecule has 0 aromatic rings. The normalized spacial score (nSPS) is 20.3. The highest BCUT2D eigenvalue weighted by atomic mass is 32.2. The maximum atomic E-state index is 12.1. The van der Waals surface area contributed by atoms with E-state index >= 15 is 0 Å². The summed E-state index contributed by atoms with van der Waals surface area (Å²) in [5.41, 5.74) is 0. The Kier molecular flexibility index (Phi) is 4.72. The topological polar surface area (TPSA) is 74.8 Å². The predicted octanol–water partition coefficient (Wildman–Crippen LogP) is 0.196. The third kappa shape index (κ3) is 3.22. The highest BCUT2D eigenvalue weighted by Gasteiger charge is 2.42. The highest BCUT2D eigenvalue weighted by Crippen LogP contribution is 2.23. The first kappa shape index (κ1) is 14.9. The molecule has 1 heterocycles. The molecule has 0 aromatic carbocycles. The predicted molar refractivity (Wildman–Crippen MR) is 67.3 cm³/mol. The minimum Gasteiger partial charge on any atom is -0.344 e. The van der Waals surface area contributed by atoms with Crippen molar-refractivity contribution in [2.75, 3.05) is 19.8 Å². The van der Waals surface area contributed by atoms with Crippen molar-refractivity contribution in [2.24, 2.45) is 0 Å². The van der Waals surface area contributed by atoms with Gasteiger partial charge in [0.25, 0.3) is 0 Å². The van der Waals surface area contributed by atoms with Gasteiger partial charge < -0.3 is 4.90 Å². The Morgan fingerprint density at radius 2 is 2.11 bits per heavy atom. The fourth-order valence-corrected chi connectivity index (χ4v) is 3.18. The summed E-state index contributed by atoms with van der Waals surface area (Å²) in [4.78, 5) is 25.2. The molecule has 0 aromatic heterocycles. The molecule has 7 heteroatoms. The molecule has 1 aliphatic heterocycles. The zero-order chi connectivity index (χ0) is 13.9. The van der Waals surface area contributed by atoms with Crippen LogP contribution in [0.25, 0.3) is 0 Å². The van der Waals surface area contributed by atoms with Crippen LogP contribution in [-0.2, 0) is 19.6 Å². The molecule has 0 radical (unpaired) electrons. The lowest BCUT2D eigenvalue weighted by Crippen LogP contribution is -2.47. The Morgan fingerprint density at radius 1 is 1.50 bits per heavy atom. The fourth-order valence-electron chi connectivity index (χ4n) is 2.06. The van der Waals surface area contributed by atoms with Crippen molar-refractivity contribution in [1.29, 1.82) is 0 Å². The van der Waals surface area contributed by atoms with Crippen molar-refractivity contribution in [3.05, 3.63) is 0 Å². The van der Waals surface area contributed by atoms with Gasteiger partial charge in [-0.2, -0.15) is 0 Å². The lowest BCUT2D eigenvalue weighted by molar-refractivity contribution is -0.136. The molecule has 1 saturated heterocycles. The molecule has 18 heavy (non-hydrogen) atoms. The number of amides is 2. The second-order valence-electron chi connectivity index (χ2n) is 4.62. The molecule has 0 saturated carbocycles. The number of unbranched alkanes of at least 4 members (excludes halogenated alkanes) is 1. The van der Waals surface area contributed by atoms with Crippen molar-refractivity contribution in [1.82, 2.24) is 9.21 Å². The molecule has 104 valence electrons. The molecule has 0 N–H and O–H groups in total. The minimum absolute atomic E-state index is 0.116. The molecule has 1 aliphatic rings. The van der Waals surface area contributed by atoms with Gasteiger partial charge in [-0.25, -0.2) is 12.7 Å². The van der Waals surface area contributed by atoms with E-state index in [2.05, 4.69) is 0 Å². The van der Waals surface area contributed by atoms with Crippen LogP contribution >= 0.6 is 0 Å². The van der Waals surface area contributed by atoms with E-state index in [-0.39, 0.29) is 18.7 Å². The van der Waals surface area contributed by atoms with Crippen LogP contribution in [0.3, 0.4) is 0 Å². The average Bonchev–Trinajstić information content (AvgIpc) is 2.66. The second kappa shape index (κ2) is 5.69. The van der Waals surface area contributed by atoms with Gasteiger partial charge in [0.15, 0.2) is 0 Å². The molecule has 1 fully saturated rings. The van der Waals surface area contributed by atoms with E-state index in [0.29, 0.717) is 6.54 Å². The summed E-state index contributed by atoms with van der Waals surface area (Å²) in [6, 6.07) is -0.852. The first-order valence-electron chi connectivity index (χ1n) is 6.06. The van der Waals surface area contributed by atoms with Crippen LogP contribution in [0.4, 0.5) is 0 Å². The third-order valence-electron chi connectivity index (χ3n) is 3.03. The van der Waals surface area contributed by atoms with Crippen molar-refractivity contribution in [3.8, 4) is 0 Å². The fraction of sp³-hybridized carbons (Fsp3) is 0.818. The maximum absolute atomic E-state index is 12.1. The van der Waals surface area contributed by atoms with Crippen LogP contribution in [0.2, 0.25) is 0 Å². The monoisotopic (exact) mass is 276 g/mol. The smallest absolute Gasteiger partial charge is 0.246 e. The summed E-state index contributed by atoms with van der Waals surface area (Å²) < 4.78 is 23.8. The molecule has 6 nitrogen and oxygen atoms in total. The molecule has 1 atom stereocenters. The number of carbonyl (C=O) groups excluding carboxylic acids is 2. The maximum Gasteiger partial charge on any atom is 0.246 e. The van der Waals surface area contributed by atoms with Crippen LogP contribution in [0.15, 0.2) is 0 Å². The van der Waals surface area contributed by atoms with E-state index < -0.39 is 22.0 Å². The van der Waals surface area contributed by atoms with E-state index in [1.54, 1.807) is 7.05 Å². The molecule has 2 amide bonds. The molecule has 1 rings (SSSR count). The summed E-state index contributed by atoms with van der Waals surface area (Å²) in [6.07, 6.45) is 3.17. The van der Waals surface area contributed by atoms with Gasteiger partial charge in [-0.15, -0.1) is 0 Å². The van der Waals surface area contributed by atoms with Gasteiger partial charge in [0.1, 0.15) is 6.04 Å². The standard InChI is InChI=1S/C11H20N2O4S/c1-4-5-8-12(2)11(15)9-6-7-10(14)13(9)18(3,16)17/h9H,4-8H2,1-3H3.